The summed E-state index contributed by atoms with van der Waals surface area (Å²) in [4.78, 5) is 30.0. The molecule has 1 aromatic heterocycles. The van der Waals surface area contributed by atoms with Crippen LogP contribution in [0.25, 0.3) is 0 Å². The van der Waals surface area contributed by atoms with E-state index in [1.54, 1.807) is 6.21 Å². The fourth-order valence-electron chi connectivity index (χ4n) is 1.03. The van der Waals surface area contributed by atoms with Gasteiger partial charge >= 0.3 is 5.69 Å². The number of aromatic amines is 2. The number of hydrogen-bond acceptors (Lipinski definition) is 3. The van der Waals surface area contributed by atoms with Crippen LogP contribution >= 0.6 is 0 Å². The maximum absolute atomic E-state index is 11.0. The number of aliphatic imine (C=N–C) groups is 1. The lowest BCUT2D eigenvalue weighted by Gasteiger charge is -1.91. The average molecular weight is 154 g/mol. The third kappa shape index (κ3) is 0.813. The highest BCUT2D eigenvalue weighted by Gasteiger charge is 2.10. The first kappa shape index (κ1) is 6.09. The monoisotopic (exact) mass is 154 g/mol. The summed E-state index contributed by atoms with van der Waals surface area (Å²) in [5.74, 6) is 0.388. The van der Waals surface area contributed by atoms with E-state index in [0.717, 1.165) is 0 Å². The van der Waals surface area contributed by atoms with Crippen molar-refractivity contribution in [3.05, 3.63) is 26.4 Å². The second-order valence-corrected chi connectivity index (χ2v) is 2.25. The minimum absolute atomic E-state index is 0.346. The molecule has 11 heavy (non-hydrogen) atoms. The molecule has 0 aliphatic carbocycles. The van der Waals surface area contributed by atoms with Gasteiger partial charge in [-0.1, -0.05) is 0 Å². The molecular weight excluding hydrogens is 149 g/mol. The predicted molar refractivity (Wildman–Crippen MR) is 39.5 cm³/mol. The summed E-state index contributed by atoms with van der Waals surface area (Å²) in [5.41, 5.74) is -0.321. The molecule has 1 aliphatic heterocycles. The zero-order valence-electron chi connectivity index (χ0n) is 5.55. The number of hydrogen-bond donors (Lipinski definition) is 2. The van der Waals surface area contributed by atoms with Gasteiger partial charge in [-0.05, 0) is 0 Å². The Kier molecular flexibility index (Phi) is 1.06. The van der Waals surface area contributed by atoms with Crippen molar-refractivity contribution in [2.45, 2.75) is 6.42 Å². The van der Waals surface area contributed by atoms with Gasteiger partial charge in [-0.3, -0.25) is 14.8 Å². The number of fused-ring (bicyclic) bond motifs is 1. The standard InChI is InChI=1S/C6H5N3O2/c10-5-3-1-2-7-4(3)8-6(11)9-5/h2H,1H2,(H2,8,9,10,11)/i6+1,8+1,9+1. The Morgan fingerprint density at radius 3 is 3.00 bits per heavy atom. The van der Waals surface area contributed by atoms with E-state index in [2.05, 4.69) is 15.0 Å². The number of rotatable bonds is 0. The van der Waals surface area contributed by atoms with Crippen molar-refractivity contribution in [1.29, 1.82) is 0 Å². The van der Waals surface area contributed by atoms with Crippen molar-refractivity contribution in [2.75, 3.05) is 0 Å². The lowest BCUT2D eigenvalue weighted by Crippen LogP contribution is -2.23. The molecule has 1 aromatic rings. The maximum atomic E-state index is 11.0. The van der Waals surface area contributed by atoms with Gasteiger partial charge < -0.3 is 0 Å². The summed E-state index contributed by atoms with van der Waals surface area (Å²) in [7, 11) is 0. The van der Waals surface area contributed by atoms with E-state index in [9.17, 15) is 9.59 Å². The molecule has 0 saturated carbocycles. The van der Waals surface area contributed by atoms with Gasteiger partial charge in [0.15, 0.2) is 0 Å². The highest BCUT2D eigenvalue weighted by Crippen LogP contribution is 2.13. The van der Waals surface area contributed by atoms with E-state index in [0.29, 0.717) is 17.8 Å². The van der Waals surface area contributed by atoms with E-state index in [1.807, 2.05) is 0 Å². The molecule has 0 amide bonds. The quantitative estimate of drug-likeness (QED) is 0.519. The van der Waals surface area contributed by atoms with Crippen LogP contribution in [0.1, 0.15) is 5.56 Å². The smallest absolute Gasteiger partial charge is 0.292 e. The first-order valence-corrected chi connectivity index (χ1v) is 3.15. The predicted octanol–water partition coefficient (Wildman–Crippen LogP) is -0.678. The first-order valence-electron chi connectivity index (χ1n) is 3.15. The summed E-state index contributed by atoms with van der Waals surface area (Å²) >= 11 is 0. The molecule has 56 valence electrons. The third-order valence-electron chi connectivity index (χ3n) is 1.53. The van der Waals surface area contributed by atoms with Crippen molar-refractivity contribution >= 4 is 12.0 Å². The van der Waals surface area contributed by atoms with Crippen LogP contribution < -0.4 is 11.2 Å². The molecule has 1 aliphatic rings. The number of H-pyrrole nitrogens is 2. The highest BCUT2D eigenvalue weighted by molar-refractivity contribution is 5.72. The normalized spacial score (nSPS) is 13.5. The Morgan fingerprint density at radius 1 is 1.36 bits per heavy atom. The van der Waals surface area contributed by atoms with Gasteiger partial charge in [0.2, 0.25) is 0 Å². The Morgan fingerprint density at radius 2 is 2.18 bits per heavy atom. The van der Waals surface area contributed by atoms with Crippen LogP contribution in [-0.4, -0.2) is 16.2 Å². The van der Waals surface area contributed by atoms with Crippen LogP contribution in [0.4, 0.5) is 5.82 Å². The molecule has 0 saturated heterocycles. The topological polar surface area (TPSA) is 78.1 Å². The molecule has 0 fully saturated rings. The maximum Gasteiger partial charge on any atom is 0.327 e. The van der Waals surface area contributed by atoms with E-state index in [-0.39, 0.29) is 5.56 Å². The lowest BCUT2D eigenvalue weighted by atomic mass is 10.3. The summed E-state index contributed by atoms with van der Waals surface area (Å²) in [5, 5.41) is 0. The summed E-state index contributed by atoms with van der Waals surface area (Å²) in [6.07, 6.45) is 2.09. The largest absolute Gasteiger partial charge is 0.327 e. The molecule has 2 N–H and O–H groups in total. The molecule has 0 radical (unpaired) electrons. The molecule has 5 nitrogen and oxygen atoms in total. The Hall–Kier alpha value is -1.65. The van der Waals surface area contributed by atoms with Crippen LogP contribution in [-0.2, 0) is 6.42 Å². The lowest BCUT2D eigenvalue weighted by molar-refractivity contribution is 1.01. The van der Waals surface area contributed by atoms with Gasteiger partial charge in [0.05, 0.1) is 5.56 Å². The van der Waals surface area contributed by atoms with Crippen molar-refractivity contribution in [3.8, 4) is 0 Å². The van der Waals surface area contributed by atoms with E-state index in [1.165, 1.54) is 0 Å². The van der Waals surface area contributed by atoms with Gasteiger partial charge in [-0.2, -0.15) is 0 Å². The Bertz CT molecular complexity index is 426. The van der Waals surface area contributed by atoms with Crippen LogP contribution in [0, 0.1) is 0 Å². The molecule has 0 aromatic carbocycles. The van der Waals surface area contributed by atoms with Crippen LogP contribution in [0.3, 0.4) is 0 Å². The molecular formula is C6H5N3O2. The average Bonchev–Trinajstić information content (AvgIpc) is 2.34. The minimum atomic E-state index is -0.507. The second-order valence-electron chi connectivity index (χ2n) is 2.25. The van der Waals surface area contributed by atoms with Crippen LogP contribution in [0.2, 0.25) is 0 Å². The SMILES string of the molecule is O=c1[15nH][13c](=O)[15nH]c2c1CC=N2. The van der Waals surface area contributed by atoms with Crippen molar-refractivity contribution in [3.63, 3.8) is 0 Å². The zero-order chi connectivity index (χ0) is 7.84. The molecule has 0 bridgehead atoms. The molecule has 5 heteroatoms. The fraction of sp³-hybridized carbons (Fsp3) is 0.167. The van der Waals surface area contributed by atoms with Gasteiger partial charge in [0.25, 0.3) is 5.56 Å². The van der Waals surface area contributed by atoms with Crippen LogP contribution in [0.5, 0.6) is 0 Å². The van der Waals surface area contributed by atoms with Gasteiger partial charge in [-0.25, -0.2) is 9.79 Å². The number of nitrogens with one attached hydrogen (secondary N) is 2. The van der Waals surface area contributed by atoms with Gasteiger partial charge in [-0.15, -0.1) is 0 Å². The van der Waals surface area contributed by atoms with Gasteiger partial charge in [0.1, 0.15) is 5.82 Å². The summed E-state index contributed by atoms with van der Waals surface area (Å²) < 4.78 is 0. The second kappa shape index (κ2) is 1.91. The number of nitrogens with zero attached hydrogens (tertiary/aromatic N) is 1. The first-order chi connectivity index (χ1) is 5.27. The zero-order valence-corrected chi connectivity index (χ0v) is 5.55. The Labute approximate surface area is 60.8 Å². The van der Waals surface area contributed by atoms with Crippen LogP contribution in [0.15, 0.2) is 14.6 Å². The van der Waals surface area contributed by atoms with E-state index < -0.39 is 5.69 Å². The number of aromatic nitrogens is 2. The van der Waals surface area contributed by atoms with E-state index >= 15 is 0 Å². The van der Waals surface area contributed by atoms with Gasteiger partial charge in [0, 0.05) is 12.6 Å². The van der Waals surface area contributed by atoms with Crippen molar-refractivity contribution < 1.29 is 0 Å². The summed E-state index contributed by atoms with van der Waals surface area (Å²) in [6.45, 7) is 0. The fourth-order valence-corrected chi connectivity index (χ4v) is 1.03. The summed E-state index contributed by atoms with van der Waals surface area (Å²) in [6, 6.07) is 0. The molecule has 0 atom stereocenters. The molecule has 0 unspecified atom stereocenters. The molecule has 0 spiro atoms. The van der Waals surface area contributed by atoms with Crippen molar-refractivity contribution in [1.82, 2.24) is 9.97 Å². The third-order valence-corrected chi connectivity index (χ3v) is 1.53. The Balaban J connectivity index is 2.87. The molecule has 2 heterocycles. The van der Waals surface area contributed by atoms with E-state index in [4.69, 9.17) is 0 Å². The molecule has 2 rings (SSSR count). The minimum Gasteiger partial charge on any atom is -0.292 e. The highest BCUT2D eigenvalue weighted by atomic mass is 16.3. The van der Waals surface area contributed by atoms with Crippen molar-refractivity contribution in [2.24, 2.45) is 4.99 Å².